The van der Waals surface area contributed by atoms with Crippen molar-refractivity contribution in [1.82, 2.24) is 0 Å². The molecule has 0 N–H and O–H groups in total. The van der Waals surface area contributed by atoms with Gasteiger partial charge in [-0.15, -0.1) is 0 Å². The van der Waals surface area contributed by atoms with Crippen LogP contribution in [0.5, 0.6) is 0 Å². The number of carbonyl (C=O) groups is 1. The van der Waals surface area contributed by atoms with Crippen LogP contribution in [0.25, 0.3) is 0 Å². The number of carbonyl (C=O) groups excluding carboxylic acids is 1. The topological polar surface area (TPSA) is 35.5 Å². The zero-order valence-electron chi connectivity index (χ0n) is 12.3. The summed E-state index contributed by atoms with van der Waals surface area (Å²) in [5.41, 5.74) is -0.468. The molecule has 0 spiro atoms. The van der Waals surface area contributed by atoms with Crippen LogP contribution >= 0.6 is 0 Å². The number of hydrogen-bond acceptors (Lipinski definition) is 3. The van der Waals surface area contributed by atoms with Gasteiger partial charge in [0.1, 0.15) is 5.60 Å². The number of Topliss-reactive ketones (excluding diaryl/α,β-unsaturated/α-hetero) is 1. The van der Waals surface area contributed by atoms with Gasteiger partial charge in [0.2, 0.25) is 0 Å². The van der Waals surface area contributed by atoms with Crippen LogP contribution < -0.4 is 0 Å². The third-order valence-electron chi connectivity index (χ3n) is 4.56. The molecule has 1 aliphatic carbocycles. The number of ether oxygens (including phenoxy) is 2. The van der Waals surface area contributed by atoms with Gasteiger partial charge in [-0.25, -0.2) is 0 Å². The lowest BCUT2D eigenvalue weighted by atomic mass is 9.86. The normalized spacial score (nSPS) is 27.1. The van der Waals surface area contributed by atoms with Crippen molar-refractivity contribution in [3.8, 4) is 0 Å². The smallest absolute Gasteiger partial charge is 0.164 e. The molecule has 3 heteroatoms. The second-order valence-electron chi connectivity index (χ2n) is 5.94. The monoisotopic (exact) mass is 268 g/mol. The van der Waals surface area contributed by atoms with Crippen molar-refractivity contribution in [2.24, 2.45) is 0 Å². The molecule has 0 aromatic rings. The molecule has 1 saturated heterocycles. The van der Waals surface area contributed by atoms with E-state index < -0.39 is 5.60 Å². The molecule has 0 amide bonds. The first-order valence-electron chi connectivity index (χ1n) is 8.06. The molecule has 2 fully saturated rings. The van der Waals surface area contributed by atoms with E-state index in [1.807, 2.05) is 6.92 Å². The Morgan fingerprint density at radius 1 is 1.21 bits per heavy atom. The zero-order chi connectivity index (χ0) is 13.6. The summed E-state index contributed by atoms with van der Waals surface area (Å²) in [5, 5.41) is 0. The maximum absolute atomic E-state index is 12.6. The lowest BCUT2D eigenvalue weighted by molar-refractivity contribution is -0.147. The number of ketones is 1. The van der Waals surface area contributed by atoms with Gasteiger partial charge in [-0.2, -0.15) is 0 Å². The second kappa shape index (κ2) is 7.39. The Hall–Kier alpha value is -0.410. The molecule has 0 bridgehead atoms. The van der Waals surface area contributed by atoms with E-state index in [0.717, 1.165) is 51.6 Å². The summed E-state index contributed by atoms with van der Waals surface area (Å²) in [4.78, 5) is 12.6. The molecule has 110 valence electrons. The Kier molecular flexibility index (Phi) is 5.83. The standard InChI is InChI=1S/C16H28O3/c1-2-19-16(11-5-3-4-6-12-16)15(17)10-9-14-8-7-13-18-14/h14H,2-13H2,1H3. The fraction of sp³-hybridized carbons (Fsp3) is 0.938. The Labute approximate surface area is 117 Å². The van der Waals surface area contributed by atoms with Gasteiger partial charge in [0.05, 0.1) is 6.10 Å². The molecule has 0 radical (unpaired) electrons. The van der Waals surface area contributed by atoms with E-state index in [4.69, 9.17) is 9.47 Å². The Morgan fingerprint density at radius 3 is 2.53 bits per heavy atom. The highest BCUT2D eigenvalue weighted by molar-refractivity contribution is 5.87. The van der Waals surface area contributed by atoms with E-state index in [0.29, 0.717) is 24.9 Å². The first kappa shape index (κ1) is 15.0. The van der Waals surface area contributed by atoms with Crippen LogP contribution in [-0.2, 0) is 14.3 Å². The van der Waals surface area contributed by atoms with Crippen LogP contribution in [0.3, 0.4) is 0 Å². The third kappa shape index (κ3) is 4.03. The average Bonchev–Trinajstić information content (AvgIpc) is 2.82. The molecule has 19 heavy (non-hydrogen) atoms. The maximum Gasteiger partial charge on any atom is 0.164 e. The lowest BCUT2D eigenvalue weighted by Gasteiger charge is -2.31. The quantitative estimate of drug-likeness (QED) is 0.690. The Bertz CT molecular complexity index is 274. The summed E-state index contributed by atoms with van der Waals surface area (Å²) in [7, 11) is 0. The Balaban J connectivity index is 1.90. The van der Waals surface area contributed by atoms with Crippen LogP contribution in [0.15, 0.2) is 0 Å². The highest BCUT2D eigenvalue weighted by atomic mass is 16.5. The van der Waals surface area contributed by atoms with Crippen LogP contribution in [0, 0.1) is 0 Å². The first-order valence-corrected chi connectivity index (χ1v) is 8.06. The fourth-order valence-corrected chi connectivity index (χ4v) is 3.47. The lowest BCUT2D eigenvalue weighted by Crippen LogP contribution is -2.41. The van der Waals surface area contributed by atoms with Gasteiger partial charge in [0.25, 0.3) is 0 Å². The highest BCUT2D eigenvalue weighted by Crippen LogP contribution is 2.33. The van der Waals surface area contributed by atoms with Gasteiger partial charge >= 0.3 is 0 Å². The molecular formula is C16H28O3. The molecule has 1 unspecified atom stereocenters. The molecule has 0 aromatic carbocycles. The van der Waals surface area contributed by atoms with E-state index in [-0.39, 0.29) is 0 Å². The van der Waals surface area contributed by atoms with E-state index >= 15 is 0 Å². The van der Waals surface area contributed by atoms with Crippen molar-refractivity contribution < 1.29 is 14.3 Å². The first-order chi connectivity index (χ1) is 9.27. The fourth-order valence-electron chi connectivity index (χ4n) is 3.47. The molecule has 1 heterocycles. The molecule has 3 nitrogen and oxygen atoms in total. The molecule has 0 aromatic heterocycles. The summed E-state index contributed by atoms with van der Waals surface area (Å²) in [5.74, 6) is 0.326. The van der Waals surface area contributed by atoms with Crippen molar-refractivity contribution in [3.05, 3.63) is 0 Å². The Morgan fingerprint density at radius 2 is 1.95 bits per heavy atom. The van der Waals surface area contributed by atoms with Crippen LogP contribution in [-0.4, -0.2) is 30.7 Å². The minimum atomic E-state index is -0.468. The van der Waals surface area contributed by atoms with E-state index in [9.17, 15) is 4.79 Å². The van der Waals surface area contributed by atoms with Crippen molar-refractivity contribution in [2.75, 3.05) is 13.2 Å². The van der Waals surface area contributed by atoms with Crippen molar-refractivity contribution in [2.45, 2.75) is 82.8 Å². The maximum atomic E-state index is 12.6. The minimum absolute atomic E-state index is 0.313. The molecule has 1 atom stereocenters. The van der Waals surface area contributed by atoms with Crippen molar-refractivity contribution in [1.29, 1.82) is 0 Å². The summed E-state index contributed by atoms with van der Waals surface area (Å²) in [6.45, 7) is 3.52. The SMILES string of the molecule is CCOC1(C(=O)CCC2CCCO2)CCCCCC1. The molecular weight excluding hydrogens is 240 g/mol. The van der Waals surface area contributed by atoms with Gasteiger partial charge < -0.3 is 9.47 Å². The van der Waals surface area contributed by atoms with Gasteiger partial charge in [-0.1, -0.05) is 25.7 Å². The summed E-state index contributed by atoms with van der Waals surface area (Å²) >= 11 is 0. The van der Waals surface area contributed by atoms with E-state index in [1.54, 1.807) is 0 Å². The number of hydrogen-bond donors (Lipinski definition) is 0. The largest absolute Gasteiger partial charge is 0.378 e. The van der Waals surface area contributed by atoms with Gasteiger partial charge in [-0.05, 0) is 39.0 Å². The average molecular weight is 268 g/mol. The predicted molar refractivity (Wildman–Crippen MR) is 75.3 cm³/mol. The summed E-state index contributed by atoms with van der Waals surface area (Å²) in [6, 6.07) is 0. The predicted octanol–water partition coefficient (Wildman–Crippen LogP) is 3.64. The van der Waals surface area contributed by atoms with Crippen LogP contribution in [0.2, 0.25) is 0 Å². The zero-order valence-corrected chi connectivity index (χ0v) is 12.3. The minimum Gasteiger partial charge on any atom is -0.378 e. The van der Waals surface area contributed by atoms with Crippen LogP contribution in [0.1, 0.15) is 71.1 Å². The van der Waals surface area contributed by atoms with E-state index in [2.05, 4.69) is 0 Å². The molecule has 2 aliphatic rings. The van der Waals surface area contributed by atoms with Crippen LogP contribution in [0.4, 0.5) is 0 Å². The van der Waals surface area contributed by atoms with Gasteiger partial charge in [0, 0.05) is 19.6 Å². The molecule has 1 saturated carbocycles. The second-order valence-corrected chi connectivity index (χ2v) is 5.94. The summed E-state index contributed by atoms with van der Waals surface area (Å²) in [6.07, 6.45) is 10.7. The van der Waals surface area contributed by atoms with Gasteiger partial charge in [-0.3, -0.25) is 4.79 Å². The van der Waals surface area contributed by atoms with Gasteiger partial charge in [0.15, 0.2) is 5.78 Å². The van der Waals surface area contributed by atoms with Crippen molar-refractivity contribution in [3.63, 3.8) is 0 Å². The molecule has 2 rings (SSSR count). The van der Waals surface area contributed by atoms with E-state index in [1.165, 1.54) is 12.8 Å². The van der Waals surface area contributed by atoms with Crippen molar-refractivity contribution >= 4 is 5.78 Å². The number of rotatable bonds is 6. The molecule has 1 aliphatic heterocycles. The third-order valence-corrected chi connectivity index (χ3v) is 4.56. The summed E-state index contributed by atoms with van der Waals surface area (Å²) < 4.78 is 11.6. The highest BCUT2D eigenvalue weighted by Gasteiger charge is 2.38.